The van der Waals surface area contributed by atoms with Crippen molar-refractivity contribution in [2.45, 2.75) is 25.1 Å². The monoisotopic (exact) mass is 366 g/mol. The van der Waals surface area contributed by atoms with Crippen molar-refractivity contribution in [2.75, 3.05) is 13.1 Å². The second-order valence-corrected chi connectivity index (χ2v) is 6.05. The lowest BCUT2D eigenvalue weighted by atomic mass is 10.1. The van der Waals surface area contributed by atoms with Crippen LogP contribution in [0.2, 0.25) is 0 Å². The summed E-state index contributed by atoms with van der Waals surface area (Å²) in [5, 5.41) is 0. The lowest BCUT2D eigenvalue weighted by molar-refractivity contribution is -0.137. The van der Waals surface area contributed by atoms with E-state index in [-0.39, 0.29) is 23.3 Å². The normalized spacial score (nSPS) is 15.7. The number of carbonyl (C=O) groups is 1. The highest BCUT2D eigenvalue weighted by molar-refractivity contribution is 5.93. The summed E-state index contributed by atoms with van der Waals surface area (Å²) in [5.74, 6) is -0.200. The molecule has 1 saturated heterocycles. The van der Waals surface area contributed by atoms with Gasteiger partial charge < -0.3 is 14.6 Å². The summed E-state index contributed by atoms with van der Waals surface area (Å²) in [7, 11) is 0. The van der Waals surface area contributed by atoms with Gasteiger partial charge in [-0.25, -0.2) is 0 Å². The molecule has 1 amide bonds. The lowest BCUT2D eigenvalue weighted by Gasteiger charge is -2.32. The van der Waals surface area contributed by atoms with Crippen LogP contribution in [-0.4, -0.2) is 35.0 Å². The number of nitrogens with zero attached hydrogens (tertiary/aromatic N) is 1. The maximum absolute atomic E-state index is 12.8. The summed E-state index contributed by atoms with van der Waals surface area (Å²) >= 11 is 0. The molecule has 2 heterocycles. The first-order chi connectivity index (χ1) is 12.3. The number of piperidine rings is 1. The van der Waals surface area contributed by atoms with E-state index >= 15 is 0 Å². The fourth-order valence-electron chi connectivity index (χ4n) is 2.88. The predicted molar refractivity (Wildman–Crippen MR) is 88.1 cm³/mol. The molecule has 8 heteroatoms. The molecule has 5 nitrogen and oxygen atoms in total. The Labute approximate surface area is 147 Å². The average Bonchev–Trinajstić information content (AvgIpc) is 2.62. The number of aromatic amines is 1. The number of alkyl halides is 3. The zero-order chi connectivity index (χ0) is 18.7. The Morgan fingerprint density at radius 3 is 2.54 bits per heavy atom. The van der Waals surface area contributed by atoms with E-state index in [1.807, 2.05) is 0 Å². The molecule has 0 radical (unpaired) electrons. The molecule has 1 aliphatic heterocycles. The second-order valence-electron chi connectivity index (χ2n) is 6.05. The zero-order valence-electron chi connectivity index (χ0n) is 13.8. The van der Waals surface area contributed by atoms with Crippen molar-refractivity contribution >= 4 is 5.91 Å². The van der Waals surface area contributed by atoms with Crippen molar-refractivity contribution in [3.05, 3.63) is 64.1 Å². The molecule has 0 spiro atoms. The minimum absolute atomic E-state index is 0.0738. The molecule has 0 atom stereocenters. The van der Waals surface area contributed by atoms with Gasteiger partial charge in [0.15, 0.2) is 0 Å². The minimum Gasteiger partial charge on any atom is -0.490 e. The highest BCUT2D eigenvalue weighted by Gasteiger charge is 2.31. The molecule has 138 valence electrons. The number of hydrogen-bond donors (Lipinski definition) is 1. The summed E-state index contributed by atoms with van der Waals surface area (Å²) in [5.41, 5.74) is -1.13. The SMILES string of the molecule is O=C(c1ccc[nH]c1=O)N1CCC(Oc2cccc(C(F)(F)F)c2)CC1. The summed E-state index contributed by atoms with van der Waals surface area (Å²) in [4.78, 5) is 28.1. The molecular formula is C18H17F3N2O3. The van der Waals surface area contributed by atoms with E-state index in [0.29, 0.717) is 25.9 Å². The number of benzene rings is 1. The largest absolute Gasteiger partial charge is 0.490 e. The number of rotatable bonds is 3. The molecule has 1 aliphatic rings. The second kappa shape index (κ2) is 7.23. The standard InChI is InChI=1S/C18H17F3N2O3/c19-18(20,21)12-3-1-4-14(11-12)26-13-6-9-23(10-7-13)17(25)15-5-2-8-22-16(15)24/h1-5,8,11,13H,6-7,9-10H2,(H,22,24). The fraction of sp³-hybridized carbons (Fsp3) is 0.333. The molecule has 1 fully saturated rings. The number of nitrogens with one attached hydrogen (secondary N) is 1. The summed E-state index contributed by atoms with van der Waals surface area (Å²) in [6, 6.07) is 7.80. The number of aromatic nitrogens is 1. The molecular weight excluding hydrogens is 349 g/mol. The number of pyridine rings is 1. The van der Waals surface area contributed by atoms with E-state index in [1.165, 1.54) is 24.4 Å². The van der Waals surface area contributed by atoms with Crippen LogP contribution in [0.3, 0.4) is 0 Å². The van der Waals surface area contributed by atoms with Crippen LogP contribution in [0.5, 0.6) is 5.75 Å². The Morgan fingerprint density at radius 2 is 1.88 bits per heavy atom. The zero-order valence-corrected chi connectivity index (χ0v) is 13.8. The van der Waals surface area contributed by atoms with Crippen LogP contribution in [-0.2, 0) is 6.18 Å². The third-order valence-corrected chi connectivity index (χ3v) is 4.24. The molecule has 1 aromatic heterocycles. The van der Waals surface area contributed by atoms with Crippen molar-refractivity contribution < 1.29 is 22.7 Å². The first-order valence-corrected chi connectivity index (χ1v) is 8.15. The molecule has 1 aromatic carbocycles. The van der Waals surface area contributed by atoms with E-state index in [0.717, 1.165) is 12.1 Å². The number of amides is 1. The number of H-pyrrole nitrogens is 1. The maximum Gasteiger partial charge on any atom is 0.416 e. The first kappa shape index (κ1) is 18.0. The highest BCUT2D eigenvalue weighted by Crippen LogP contribution is 2.32. The molecule has 0 unspecified atom stereocenters. The van der Waals surface area contributed by atoms with Crippen LogP contribution in [0.15, 0.2) is 47.4 Å². The quantitative estimate of drug-likeness (QED) is 0.908. The van der Waals surface area contributed by atoms with Gasteiger partial charge in [-0.15, -0.1) is 0 Å². The maximum atomic E-state index is 12.8. The molecule has 0 saturated carbocycles. The Morgan fingerprint density at radius 1 is 1.15 bits per heavy atom. The average molecular weight is 366 g/mol. The summed E-state index contributed by atoms with van der Waals surface area (Å²) in [6.07, 6.45) is -2.29. The molecule has 2 aromatic rings. The van der Waals surface area contributed by atoms with Gasteiger partial charge in [-0.1, -0.05) is 6.07 Å². The van der Waals surface area contributed by atoms with E-state index < -0.39 is 17.3 Å². The van der Waals surface area contributed by atoms with Crippen LogP contribution in [0, 0.1) is 0 Å². The fourth-order valence-corrected chi connectivity index (χ4v) is 2.88. The Kier molecular flexibility index (Phi) is 5.01. The Hall–Kier alpha value is -2.77. The number of hydrogen-bond acceptors (Lipinski definition) is 3. The minimum atomic E-state index is -4.42. The Bertz CT molecular complexity index is 840. The van der Waals surface area contributed by atoms with Crippen LogP contribution in [0.1, 0.15) is 28.8 Å². The molecule has 26 heavy (non-hydrogen) atoms. The van der Waals surface area contributed by atoms with Gasteiger partial charge in [0, 0.05) is 32.1 Å². The van der Waals surface area contributed by atoms with Crippen LogP contribution >= 0.6 is 0 Å². The van der Waals surface area contributed by atoms with Crippen molar-refractivity contribution in [1.29, 1.82) is 0 Å². The highest BCUT2D eigenvalue weighted by atomic mass is 19.4. The van der Waals surface area contributed by atoms with Gasteiger partial charge in [0.25, 0.3) is 11.5 Å². The van der Waals surface area contributed by atoms with Crippen molar-refractivity contribution in [1.82, 2.24) is 9.88 Å². The number of ether oxygens (including phenoxy) is 1. The van der Waals surface area contributed by atoms with Crippen molar-refractivity contribution in [3.8, 4) is 5.75 Å². The third-order valence-electron chi connectivity index (χ3n) is 4.24. The number of carbonyl (C=O) groups excluding carboxylic acids is 1. The first-order valence-electron chi connectivity index (χ1n) is 8.15. The summed E-state index contributed by atoms with van der Waals surface area (Å²) < 4.78 is 43.9. The van der Waals surface area contributed by atoms with E-state index in [4.69, 9.17) is 4.74 Å². The van der Waals surface area contributed by atoms with Crippen LogP contribution < -0.4 is 10.3 Å². The van der Waals surface area contributed by atoms with Gasteiger partial charge in [-0.2, -0.15) is 13.2 Å². The van der Waals surface area contributed by atoms with Gasteiger partial charge in [-0.05, 0) is 30.3 Å². The smallest absolute Gasteiger partial charge is 0.416 e. The van der Waals surface area contributed by atoms with Gasteiger partial charge in [0.1, 0.15) is 17.4 Å². The molecule has 0 bridgehead atoms. The molecule has 0 aliphatic carbocycles. The Balaban J connectivity index is 1.60. The number of likely N-dealkylation sites (tertiary alicyclic amines) is 1. The van der Waals surface area contributed by atoms with Crippen molar-refractivity contribution in [3.63, 3.8) is 0 Å². The summed E-state index contributed by atoms with van der Waals surface area (Å²) in [6.45, 7) is 0.744. The van der Waals surface area contributed by atoms with Gasteiger partial charge in [0.2, 0.25) is 0 Å². The van der Waals surface area contributed by atoms with Crippen LogP contribution in [0.4, 0.5) is 13.2 Å². The van der Waals surface area contributed by atoms with Gasteiger partial charge in [-0.3, -0.25) is 9.59 Å². The van der Waals surface area contributed by atoms with Gasteiger partial charge >= 0.3 is 6.18 Å². The third kappa shape index (κ3) is 4.07. The predicted octanol–water partition coefficient (Wildman–Crippen LogP) is 3.08. The molecule has 3 rings (SSSR count). The van der Waals surface area contributed by atoms with E-state index in [2.05, 4.69) is 4.98 Å². The number of halogens is 3. The van der Waals surface area contributed by atoms with Crippen molar-refractivity contribution in [2.24, 2.45) is 0 Å². The van der Waals surface area contributed by atoms with E-state index in [9.17, 15) is 22.8 Å². The van der Waals surface area contributed by atoms with E-state index in [1.54, 1.807) is 11.0 Å². The van der Waals surface area contributed by atoms with Gasteiger partial charge in [0.05, 0.1) is 5.56 Å². The topological polar surface area (TPSA) is 62.4 Å². The molecule has 1 N–H and O–H groups in total. The lowest BCUT2D eigenvalue weighted by Crippen LogP contribution is -2.43. The van der Waals surface area contributed by atoms with Crippen LogP contribution in [0.25, 0.3) is 0 Å².